The maximum atomic E-state index is 12.3. The number of fused-ring (bicyclic) bond motifs is 4. The number of aromatic amines is 1. The topological polar surface area (TPSA) is 32.9 Å². The number of allylic oxidation sites excluding steroid dienone is 6. The highest BCUT2D eigenvalue weighted by molar-refractivity contribution is 9.12. The van der Waals surface area contributed by atoms with Gasteiger partial charge in [0.15, 0.2) is 0 Å². The average Bonchev–Trinajstić information content (AvgIpc) is 2.72. The highest BCUT2D eigenvalue weighted by Crippen LogP contribution is 2.42. The number of halogens is 1. The maximum absolute atomic E-state index is 12.3. The van der Waals surface area contributed by atoms with E-state index in [0.717, 1.165) is 47.8 Å². The molecule has 1 aromatic heterocycles. The van der Waals surface area contributed by atoms with Gasteiger partial charge in [0.2, 0.25) is 0 Å². The molecule has 0 spiro atoms. The third kappa shape index (κ3) is 1.72. The van der Waals surface area contributed by atoms with Crippen molar-refractivity contribution >= 4 is 21.5 Å². The first kappa shape index (κ1) is 12.4. The number of aromatic nitrogens is 1. The van der Waals surface area contributed by atoms with E-state index in [1.807, 2.05) is 0 Å². The lowest BCUT2D eigenvalue weighted by Gasteiger charge is -2.19. The van der Waals surface area contributed by atoms with E-state index in [9.17, 15) is 4.79 Å². The number of hydrogen-bond acceptors (Lipinski definition) is 1. The van der Waals surface area contributed by atoms with Crippen LogP contribution < -0.4 is 5.56 Å². The Morgan fingerprint density at radius 3 is 2.70 bits per heavy atom. The summed E-state index contributed by atoms with van der Waals surface area (Å²) in [4.78, 5) is 15.5. The van der Waals surface area contributed by atoms with Crippen LogP contribution in [0.2, 0.25) is 0 Å². The van der Waals surface area contributed by atoms with Crippen LogP contribution in [0.1, 0.15) is 41.6 Å². The molecule has 1 heterocycles. The summed E-state index contributed by atoms with van der Waals surface area (Å²) in [5, 5.41) is 0. The van der Waals surface area contributed by atoms with Crippen LogP contribution in [0.15, 0.2) is 33.1 Å². The van der Waals surface area contributed by atoms with Crippen molar-refractivity contribution in [1.82, 2.24) is 4.98 Å². The number of pyridine rings is 1. The van der Waals surface area contributed by atoms with E-state index >= 15 is 0 Å². The first-order chi connectivity index (χ1) is 9.75. The Bertz CT molecular complexity index is 749. The van der Waals surface area contributed by atoms with Gasteiger partial charge < -0.3 is 4.98 Å². The van der Waals surface area contributed by atoms with Crippen LogP contribution in [0.25, 0.3) is 5.57 Å². The Kier molecular flexibility index (Phi) is 2.84. The van der Waals surface area contributed by atoms with Crippen molar-refractivity contribution < 1.29 is 0 Å². The first-order valence-corrected chi connectivity index (χ1v) is 8.07. The molecule has 3 aliphatic rings. The van der Waals surface area contributed by atoms with Crippen LogP contribution in [0.5, 0.6) is 0 Å². The van der Waals surface area contributed by atoms with Gasteiger partial charge in [-0.25, -0.2) is 0 Å². The lowest BCUT2D eigenvalue weighted by molar-refractivity contribution is 0.670. The number of H-pyrrole nitrogens is 1. The Morgan fingerprint density at radius 2 is 1.85 bits per heavy atom. The van der Waals surface area contributed by atoms with Gasteiger partial charge in [0.25, 0.3) is 5.56 Å². The molecule has 0 unspecified atom stereocenters. The summed E-state index contributed by atoms with van der Waals surface area (Å²) >= 11 is 3.68. The summed E-state index contributed by atoms with van der Waals surface area (Å²) < 4.78 is 1.16. The van der Waals surface area contributed by atoms with Gasteiger partial charge in [0, 0.05) is 22.2 Å². The molecular weight excluding hydrogens is 314 g/mol. The molecule has 0 aliphatic heterocycles. The minimum Gasteiger partial charge on any atom is -0.322 e. The molecule has 0 aromatic carbocycles. The van der Waals surface area contributed by atoms with E-state index in [-0.39, 0.29) is 5.56 Å². The largest absolute Gasteiger partial charge is 0.322 e. The highest BCUT2D eigenvalue weighted by atomic mass is 79.9. The molecule has 0 atom stereocenters. The van der Waals surface area contributed by atoms with E-state index in [0.29, 0.717) is 0 Å². The lowest BCUT2D eigenvalue weighted by atomic mass is 9.88. The third-order valence-corrected chi connectivity index (χ3v) is 5.40. The predicted molar refractivity (Wildman–Crippen MR) is 85.1 cm³/mol. The standard InChI is InChI=1S/C17H16BrNO/c18-15-8-4-3-6-11-13(15)9-14-10-5-1-2-7-12(10)17(20)19-16(11)14/h3-4,8H,1-2,5-7,9H2,(H,19,20). The Hall–Kier alpha value is -1.35. The summed E-state index contributed by atoms with van der Waals surface area (Å²) in [7, 11) is 0. The van der Waals surface area contributed by atoms with Crippen LogP contribution in [0.3, 0.4) is 0 Å². The molecule has 4 rings (SSSR count). The number of hydrogen-bond donors (Lipinski definition) is 1. The molecule has 0 fully saturated rings. The van der Waals surface area contributed by atoms with E-state index < -0.39 is 0 Å². The molecule has 2 nitrogen and oxygen atoms in total. The number of rotatable bonds is 0. The van der Waals surface area contributed by atoms with E-state index in [2.05, 4.69) is 39.1 Å². The van der Waals surface area contributed by atoms with Gasteiger partial charge in [0.1, 0.15) is 0 Å². The lowest BCUT2D eigenvalue weighted by Crippen LogP contribution is -2.22. The molecule has 0 bridgehead atoms. The van der Waals surface area contributed by atoms with Crippen LogP contribution in [-0.2, 0) is 19.3 Å². The summed E-state index contributed by atoms with van der Waals surface area (Å²) in [6.07, 6.45) is 12.6. The average molecular weight is 330 g/mol. The SMILES string of the molecule is O=c1[nH]c2c(c3c1CCCC3)CC1=C2CC=CC=C1Br. The summed E-state index contributed by atoms with van der Waals surface area (Å²) in [6, 6.07) is 0. The van der Waals surface area contributed by atoms with E-state index in [1.54, 1.807) is 0 Å². The molecule has 0 amide bonds. The van der Waals surface area contributed by atoms with E-state index in [4.69, 9.17) is 0 Å². The highest BCUT2D eigenvalue weighted by Gasteiger charge is 2.29. The fourth-order valence-corrected chi connectivity index (χ4v) is 4.22. The zero-order valence-corrected chi connectivity index (χ0v) is 12.8. The van der Waals surface area contributed by atoms with E-state index in [1.165, 1.54) is 28.7 Å². The zero-order valence-electron chi connectivity index (χ0n) is 11.3. The zero-order chi connectivity index (χ0) is 13.7. The molecule has 0 saturated carbocycles. The van der Waals surface area contributed by atoms with Crippen molar-refractivity contribution in [3.05, 3.63) is 61.0 Å². The summed E-state index contributed by atoms with van der Waals surface area (Å²) in [6.45, 7) is 0. The van der Waals surface area contributed by atoms with Gasteiger partial charge in [-0.3, -0.25) is 4.79 Å². The van der Waals surface area contributed by atoms with Crippen molar-refractivity contribution in [3.63, 3.8) is 0 Å². The first-order valence-electron chi connectivity index (χ1n) is 7.27. The molecule has 102 valence electrons. The van der Waals surface area contributed by atoms with Gasteiger partial charge in [-0.05, 0) is 60.5 Å². The minimum atomic E-state index is 0.139. The Balaban J connectivity index is 1.94. The van der Waals surface area contributed by atoms with Gasteiger partial charge >= 0.3 is 0 Å². The van der Waals surface area contributed by atoms with Crippen molar-refractivity contribution in [3.8, 4) is 0 Å². The second-order valence-corrected chi connectivity index (χ2v) is 6.61. The molecule has 3 heteroatoms. The molecular formula is C17H16BrNO. The van der Waals surface area contributed by atoms with Gasteiger partial charge in [-0.2, -0.15) is 0 Å². The van der Waals surface area contributed by atoms with Crippen LogP contribution in [-0.4, -0.2) is 4.98 Å². The van der Waals surface area contributed by atoms with Gasteiger partial charge in [-0.1, -0.05) is 28.1 Å². The third-order valence-electron chi connectivity index (χ3n) is 4.66. The molecule has 1 aromatic rings. The Labute approximate surface area is 126 Å². The molecule has 3 aliphatic carbocycles. The fourth-order valence-electron chi connectivity index (χ4n) is 3.68. The van der Waals surface area contributed by atoms with Crippen molar-refractivity contribution in [2.45, 2.75) is 38.5 Å². The van der Waals surface area contributed by atoms with Crippen molar-refractivity contribution in [1.29, 1.82) is 0 Å². The van der Waals surface area contributed by atoms with Crippen LogP contribution in [0.4, 0.5) is 0 Å². The smallest absolute Gasteiger partial charge is 0.251 e. The monoisotopic (exact) mass is 329 g/mol. The fraction of sp³-hybridized carbons (Fsp3) is 0.353. The van der Waals surface area contributed by atoms with Gasteiger partial charge in [0.05, 0.1) is 0 Å². The summed E-state index contributed by atoms with van der Waals surface area (Å²) in [5.41, 5.74) is 7.64. The van der Waals surface area contributed by atoms with Crippen LogP contribution >= 0.6 is 15.9 Å². The molecule has 0 radical (unpaired) electrons. The number of nitrogens with one attached hydrogen (secondary N) is 1. The molecule has 20 heavy (non-hydrogen) atoms. The normalized spacial score (nSPS) is 20.1. The second kappa shape index (κ2) is 4.59. The quantitative estimate of drug-likeness (QED) is 0.771. The Morgan fingerprint density at radius 1 is 1.05 bits per heavy atom. The molecule has 0 saturated heterocycles. The predicted octanol–water partition coefficient (Wildman–Crippen LogP) is 3.80. The maximum Gasteiger partial charge on any atom is 0.251 e. The van der Waals surface area contributed by atoms with Gasteiger partial charge in [-0.15, -0.1) is 0 Å². The minimum absolute atomic E-state index is 0.139. The second-order valence-electron chi connectivity index (χ2n) is 5.75. The van der Waals surface area contributed by atoms with Crippen LogP contribution in [0, 0.1) is 0 Å². The summed E-state index contributed by atoms with van der Waals surface area (Å²) in [5.74, 6) is 0. The van der Waals surface area contributed by atoms with Crippen molar-refractivity contribution in [2.75, 3.05) is 0 Å². The van der Waals surface area contributed by atoms with Crippen molar-refractivity contribution in [2.24, 2.45) is 0 Å². The molecule has 1 N–H and O–H groups in total.